The third kappa shape index (κ3) is 4.27. The first-order chi connectivity index (χ1) is 18.5. The Morgan fingerprint density at radius 3 is 2.82 bits per heavy atom. The van der Waals surface area contributed by atoms with Crippen molar-refractivity contribution >= 4 is 47.7 Å². The highest BCUT2D eigenvalue weighted by Gasteiger charge is 2.35. The van der Waals surface area contributed by atoms with E-state index in [0.29, 0.717) is 41.9 Å². The number of nitrogens with one attached hydrogen (secondary N) is 1. The normalized spacial score (nSPS) is 19.5. The van der Waals surface area contributed by atoms with Crippen LogP contribution in [0.5, 0.6) is 6.01 Å². The van der Waals surface area contributed by atoms with Crippen LogP contribution in [-0.4, -0.2) is 79.9 Å². The maximum absolute atomic E-state index is 16.4. The smallest absolute Gasteiger partial charge is 0.463 e. The second-order valence-corrected chi connectivity index (χ2v) is 11.7. The van der Waals surface area contributed by atoms with Crippen molar-refractivity contribution in [2.45, 2.75) is 38.8 Å². The van der Waals surface area contributed by atoms with Gasteiger partial charge in [-0.05, 0) is 49.0 Å². The summed E-state index contributed by atoms with van der Waals surface area (Å²) in [5, 5.41) is 13.6. The number of rotatable bonds is 6. The molecule has 0 amide bonds. The summed E-state index contributed by atoms with van der Waals surface area (Å²) >= 11 is -2.14. The fourth-order valence-electron chi connectivity index (χ4n) is 5.57. The van der Waals surface area contributed by atoms with Gasteiger partial charge in [-0.1, -0.05) is 16.6 Å². The van der Waals surface area contributed by atoms with Gasteiger partial charge in [0.25, 0.3) is 0 Å². The number of nitriles is 1. The molecule has 2 bridgehead atoms. The lowest BCUT2D eigenvalue weighted by Gasteiger charge is -2.34. The number of carbonyl (C=O) groups is 1. The quantitative estimate of drug-likeness (QED) is 0.375. The van der Waals surface area contributed by atoms with E-state index in [2.05, 4.69) is 34.1 Å². The van der Waals surface area contributed by atoms with Crippen molar-refractivity contribution in [1.29, 1.82) is 5.26 Å². The Labute approximate surface area is 223 Å². The maximum Gasteiger partial charge on any atom is 0.621 e. The van der Waals surface area contributed by atoms with Gasteiger partial charge in [-0.15, -0.1) is 0 Å². The van der Waals surface area contributed by atoms with E-state index in [4.69, 9.17) is 9.47 Å². The number of aryl methyl sites for hydroxylation is 1. The van der Waals surface area contributed by atoms with Crippen LogP contribution in [0.2, 0.25) is 0 Å². The lowest BCUT2D eigenvalue weighted by Crippen LogP contribution is -2.51. The van der Waals surface area contributed by atoms with Gasteiger partial charge in [-0.25, -0.2) is 14.4 Å². The third-order valence-electron chi connectivity index (χ3n) is 7.28. The number of hydrogen-bond donors (Lipinski definition) is 1. The largest absolute Gasteiger partial charge is 0.621 e. The summed E-state index contributed by atoms with van der Waals surface area (Å²) in [6.45, 7) is 4.85. The number of benzene rings is 1. The van der Waals surface area contributed by atoms with Crippen LogP contribution >= 0.6 is 0 Å². The third-order valence-corrected chi connectivity index (χ3v) is 9.06. The van der Waals surface area contributed by atoms with Gasteiger partial charge in [-0.3, -0.25) is 4.98 Å². The second-order valence-electron chi connectivity index (χ2n) is 9.72. The van der Waals surface area contributed by atoms with Crippen molar-refractivity contribution in [3.05, 3.63) is 35.3 Å². The van der Waals surface area contributed by atoms with Crippen molar-refractivity contribution in [1.82, 2.24) is 20.3 Å². The van der Waals surface area contributed by atoms with E-state index in [1.807, 2.05) is 19.1 Å². The number of anilines is 1. The van der Waals surface area contributed by atoms with Crippen molar-refractivity contribution < 1.29 is 18.7 Å². The summed E-state index contributed by atoms with van der Waals surface area (Å²) in [6, 6.07) is 4.33. The van der Waals surface area contributed by atoms with Gasteiger partial charge in [0.1, 0.15) is 17.0 Å². The molecule has 2 fully saturated rings. The first-order valence-electron chi connectivity index (χ1n) is 12.7. The summed E-state index contributed by atoms with van der Waals surface area (Å²) in [6.07, 6.45) is 5.41. The van der Waals surface area contributed by atoms with E-state index in [1.54, 1.807) is 19.3 Å². The fraction of sp³-hybridized carbons (Fsp3) is 0.385. The number of hydrogen-bond acceptors (Lipinski definition) is 10. The van der Waals surface area contributed by atoms with Gasteiger partial charge >= 0.3 is 26.3 Å². The molecule has 6 rings (SSSR count). The molecule has 38 heavy (non-hydrogen) atoms. The Bertz CT molecular complexity index is 1510. The Balaban J connectivity index is 1.48. The van der Waals surface area contributed by atoms with E-state index in [-0.39, 0.29) is 30.4 Å². The molecule has 192 valence electrons. The van der Waals surface area contributed by atoms with Crippen LogP contribution in [0, 0.1) is 22.9 Å². The van der Waals surface area contributed by atoms with Gasteiger partial charge < -0.3 is 23.7 Å². The monoisotopic (exact) mass is 529 g/mol. The van der Waals surface area contributed by atoms with Crippen molar-refractivity contribution in [3.8, 4) is 22.2 Å². The van der Waals surface area contributed by atoms with Crippen LogP contribution < -0.4 is 19.4 Å². The van der Waals surface area contributed by atoms with Crippen LogP contribution in [0.1, 0.15) is 30.9 Å². The number of ether oxygens (including phenoxy) is 2. The van der Waals surface area contributed by atoms with Crippen LogP contribution in [0.25, 0.3) is 22.2 Å². The predicted octanol–water partition coefficient (Wildman–Crippen LogP) is 1.72. The molecule has 2 aromatic heterocycles. The molecular formula is C26H25AlFN7O3. The van der Waals surface area contributed by atoms with Gasteiger partial charge in [-0.2, -0.15) is 9.97 Å². The van der Waals surface area contributed by atoms with E-state index in [1.165, 1.54) is 0 Å². The van der Waals surface area contributed by atoms with Crippen LogP contribution in [0.15, 0.2) is 22.3 Å². The average Bonchev–Trinajstić information content (AvgIpc) is 3.49. The Morgan fingerprint density at radius 2 is 2.08 bits per heavy atom. The predicted molar refractivity (Wildman–Crippen MR) is 140 cm³/mol. The summed E-state index contributed by atoms with van der Waals surface area (Å²) in [4.78, 5) is 29.9. The lowest BCUT2D eigenvalue weighted by atomic mass is 9.98. The number of fused-ring (bicyclic) bond motifs is 4. The highest BCUT2D eigenvalue weighted by molar-refractivity contribution is 6.82. The molecule has 3 aromatic rings. The zero-order valence-electron chi connectivity index (χ0n) is 21.1. The molecule has 0 saturated carbocycles. The molecule has 0 radical (unpaired) electrons. The molecule has 2 unspecified atom stereocenters. The summed E-state index contributed by atoms with van der Waals surface area (Å²) in [7, 11) is 0. The number of pyridine rings is 1. The van der Waals surface area contributed by atoms with Crippen LogP contribution in [-0.2, 0) is 9.53 Å². The van der Waals surface area contributed by atoms with E-state index < -0.39 is 26.2 Å². The Hall–Kier alpha value is -3.64. The first kappa shape index (κ1) is 24.7. The lowest BCUT2D eigenvalue weighted by molar-refractivity contribution is -0.145. The molecule has 2 atom stereocenters. The summed E-state index contributed by atoms with van der Waals surface area (Å²) in [5.41, 5.74) is 2.35. The Morgan fingerprint density at radius 1 is 1.29 bits per heavy atom. The number of nitrogens with zero attached hydrogens (tertiary/aromatic N) is 6. The van der Waals surface area contributed by atoms with Crippen LogP contribution in [0.3, 0.4) is 0 Å². The van der Waals surface area contributed by atoms with Gasteiger partial charge in [0, 0.05) is 36.9 Å². The minimum absolute atomic E-state index is 0.0609. The molecule has 5 heterocycles. The minimum Gasteiger partial charge on any atom is -0.463 e. The highest BCUT2D eigenvalue weighted by Crippen LogP contribution is 2.36. The molecule has 12 heteroatoms. The topological polar surface area (TPSA) is 126 Å². The molecular weight excluding hydrogens is 504 g/mol. The average molecular weight is 530 g/mol. The molecule has 0 spiro atoms. The molecule has 3 aliphatic heterocycles. The first-order valence-corrected chi connectivity index (χ1v) is 14.4. The number of piperazine rings is 1. The van der Waals surface area contributed by atoms with E-state index in [9.17, 15) is 10.1 Å². The van der Waals surface area contributed by atoms with Crippen LogP contribution in [0.4, 0.5) is 10.2 Å². The van der Waals surface area contributed by atoms with Gasteiger partial charge in [0.15, 0.2) is 12.4 Å². The zero-order chi connectivity index (χ0) is 26.4. The van der Waals surface area contributed by atoms with E-state index >= 15 is 4.39 Å². The molecule has 3 aliphatic rings. The molecule has 1 N–H and O–H groups in total. The second kappa shape index (κ2) is 9.92. The number of halogens is 1. The van der Waals surface area contributed by atoms with Gasteiger partial charge in [0.2, 0.25) is 0 Å². The fourth-order valence-corrected chi connectivity index (χ4v) is 7.02. The SMILES string of the molecule is CCOC(=O)COc1nc(N2CC3CCC(C2)N3)c2cnc(-c3c(C)cc[c]4c3C=[N][Al]4[C]#N)c(F)c2n1. The standard InChI is InChI=1S/C25H25FN6O3.CN.Al/c1-3-34-19(33)13-35-25-30-22-18(24(31-25)32-11-16-7-8-17(12-32)29-16)10-28-23(21(22)26)20-14(2)5-4-6-15(20)9-27;1-2;/h4-5,9-10,16-17,29H,3,7-8,11-13H2,1-2H3;;/q-1;;+1. The number of esters is 1. The molecule has 1 aromatic carbocycles. The zero-order valence-corrected chi connectivity index (χ0v) is 22.2. The number of carbonyl (C=O) groups excluding carboxylic acids is 1. The number of aromatic nitrogens is 3. The molecule has 0 aliphatic carbocycles. The van der Waals surface area contributed by atoms with Crippen molar-refractivity contribution in [2.24, 2.45) is 3.98 Å². The van der Waals surface area contributed by atoms with E-state index in [0.717, 1.165) is 28.4 Å². The Kier molecular flexibility index (Phi) is 6.44. The summed E-state index contributed by atoms with van der Waals surface area (Å²) < 4.78 is 32.2. The molecule has 2 saturated heterocycles. The van der Waals surface area contributed by atoms with Crippen molar-refractivity contribution in [3.63, 3.8) is 0 Å². The molecule has 10 nitrogen and oxygen atoms in total. The maximum atomic E-state index is 16.4. The van der Waals surface area contributed by atoms with Crippen molar-refractivity contribution in [2.75, 3.05) is 31.2 Å². The summed E-state index contributed by atoms with van der Waals surface area (Å²) in [5.74, 6) is -0.643. The highest BCUT2D eigenvalue weighted by atomic mass is 27.2. The van der Waals surface area contributed by atoms with Gasteiger partial charge in [0.05, 0.1) is 12.0 Å². The minimum atomic E-state index is -2.14.